The SMILES string of the molecule is N#Cc1cc([N+](=O)[O-])ccc1N=Nc1ccc(CCNCC[N+]23CCN(CC2)CC3)cc1Cl. The van der Waals surface area contributed by atoms with Gasteiger partial charge in [0.1, 0.15) is 17.4 Å². The van der Waals surface area contributed by atoms with Gasteiger partial charge in [-0.2, -0.15) is 5.26 Å². The number of quaternary nitrogens is 1. The summed E-state index contributed by atoms with van der Waals surface area (Å²) in [5, 5.41) is 32.3. The number of nitrogens with zero attached hydrogens (tertiary/aromatic N) is 6. The molecule has 9 nitrogen and oxygen atoms in total. The van der Waals surface area contributed by atoms with Crippen molar-refractivity contribution >= 4 is 28.7 Å². The van der Waals surface area contributed by atoms with Gasteiger partial charge in [-0.1, -0.05) is 17.7 Å². The van der Waals surface area contributed by atoms with E-state index in [9.17, 15) is 15.4 Å². The minimum Gasteiger partial charge on any atom is -0.319 e. The zero-order valence-electron chi connectivity index (χ0n) is 18.4. The van der Waals surface area contributed by atoms with E-state index in [1.165, 1.54) is 68.5 Å². The van der Waals surface area contributed by atoms with E-state index in [0.29, 0.717) is 10.7 Å². The molecule has 3 heterocycles. The van der Waals surface area contributed by atoms with E-state index in [1.54, 1.807) is 6.07 Å². The fourth-order valence-corrected chi connectivity index (χ4v) is 4.69. The molecule has 3 aliphatic heterocycles. The van der Waals surface area contributed by atoms with Gasteiger partial charge in [-0.05, 0) is 36.7 Å². The molecule has 3 saturated heterocycles. The van der Waals surface area contributed by atoms with Crippen LogP contribution in [0.2, 0.25) is 5.02 Å². The van der Waals surface area contributed by atoms with Gasteiger partial charge < -0.3 is 9.80 Å². The molecule has 10 heteroatoms. The maximum Gasteiger partial charge on any atom is 0.270 e. The summed E-state index contributed by atoms with van der Waals surface area (Å²) in [5.74, 6) is 0. The first-order valence-electron chi connectivity index (χ1n) is 11.1. The lowest BCUT2D eigenvalue weighted by Crippen LogP contribution is -2.68. The zero-order chi connectivity index (χ0) is 23.3. The summed E-state index contributed by atoms with van der Waals surface area (Å²) in [7, 11) is 0. The van der Waals surface area contributed by atoms with Crippen molar-refractivity contribution < 1.29 is 9.41 Å². The highest BCUT2D eigenvalue weighted by Crippen LogP contribution is 2.30. The summed E-state index contributed by atoms with van der Waals surface area (Å²) in [4.78, 5) is 12.9. The number of non-ortho nitro benzene ring substituents is 1. The van der Waals surface area contributed by atoms with Gasteiger partial charge in [-0.25, -0.2) is 0 Å². The first kappa shape index (κ1) is 23.3. The maximum absolute atomic E-state index is 10.9. The van der Waals surface area contributed by atoms with Gasteiger partial charge in [0.05, 0.1) is 41.7 Å². The van der Waals surface area contributed by atoms with Crippen LogP contribution in [0.5, 0.6) is 0 Å². The second kappa shape index (κ2) is 10.4. The number of benzene rings is 2. The molecule has 0 amide bonds. The molecule has 1 N–H and O–H groups in total. The third kappa shape index (κ3) is 5.72. The second-order valence-electron chi connectivity index (χ2n) is 8.63. The number of nitro benzene ring substituents is 1. The average Bonchev–Trinajstić information content (AvgIpc) is 2.84. The highest BCUT2D eigenvalue weighted by atomic mass is 35.5. The second-order valence-corrected chi connectivity index (χ2v) is 9.04. The van der Waals surface area contributed by atoms with Gasteiger partial charge in [0.2, 0.25) is 0 Å². The van der Waals surface area contributed by atoms with Crippen LogP contribution in [0.15, 0.2) is 46.6 Å². The smallest absolute Gasteiger partial charge is 0.270 e. The molecule has 2 aromatic carbocycles. The summed E-state index contributed by atoms with van der Waals surface area (Å²) >= 11 is 6.38. The Morgan fingerprint density at radius 1 is 1.09 bits per heavy atom. The first-order valence-corrected chi connectivity index (χ1v) is 11.5. The Morgan fingerprint density at radius 3 is 2.45 bits per heavy atom. The van der Waals surface area contributed by atoms with Crippen molar-refractivity contribution in [3.05, 3.63) is 62.7 Å². The Morgan fingerprint density at radius 2 is 1.79 bits per heavy atom. The van der Waals surface area contributed by atoms with Crippen molar-refractivity contribution in [2.75, 3.05) is 58.9 Å². The summed E-state index contributed by atoms with van der Waals surface area (Å²) < 4.78 is 1.26. The fourth-order valence-electron chi connectivity index (χ4n) is 4.45. The number of rotatable bonds is 9. The van der Waals surface area contributed by atoms with Gasteiger partial charge in [0.25, 0.3) is 5.69 Å². The highest BCUT2D eigenvalue weighted by Gasteiger charge is 2.37. The van der Waals surface area contributed by atoms with Crippen molar-refractivity contribution in [3.63, 3.8) is 0 Å². The van der Waals surface area contributed by atoms with Crippen molar-refractivity contribution in [3.8, 4) is 6.07 Å². The van der Waals surface area contributed by atoms with Crippen molar-refractivity contribution in [1.82, 2.24) is 10.2 Å². The lowest BCUT2D eigenvalue weighted by molar-refractivity contribution is -0.939. The Balaban J connectivity index is 1.28. The number of fused-ring (bicyclic) bond motifs is 3. The normalized spacial score (nSPS) is 21.9. The van der Waals surface area contributed by atoms with E-state index in [0.717, 1.165) is 25.1 Å². The molecule has 0 unspecified atom stereocenters. The third-order valence-corrected chi connectivity index (χ3v) is 6.92. The molecule has 5 rings (SSSR count). The van der Waals surface area contributed by atoms with E-state index in [-0.39, 0.29) is 16.9 Å². The largest absolute Gasteiger partial charge is 0.319 e. The molecule has 0 atom stereocenters. The Labute approximate surface area is 198 Å². The van der Waals surface area contributed by atoms with Crippen LogP contribution >= 0.6 is 11.6 Å². The first-order chi connectivity index (χ1) is 16.0. The lowest BCUT2D eigenvalue weighted by atomic mass is 10.1. The molecule has 0 radical (unpaired) electrons. The molecule has 33 heavy (non-hydrogen) atoms. The van der Waals surface area contributed by atoms with Crippen LogP contribution in [-0.4, -0.2) is 73.2 Å². The van der Waals surface area contributed by atoms with Crippen molar-refractivity contribution in [2.45, 2.75) is 6.42 Å². The zero-order valence-corrected chi connectivity index (χ0v) is 19.2. The Hall–Kier alpha value is -2.90. The molecule has 2 aromatic rings. The van der Waals surface area contributed by atoms with Gasteiger partial charge in [0, 0.05) is 38.3 Å². The highest BCUT2D eigenvalue weighted by molar-refractivity contribution is 6.33. The standard InChI is InChI=1S/C23H27ClN7O2/c24-21-15-18(5-6-26-7-11-31-12-8-29(9-13-31)10-14-31)1-3-23(21)28-27-22-4-2-20(30(32)33)16-19(22)17-25/h1-4,15-16,26H,5-14H2/q+1. The molecule has 0 saturated carbocycles. The maximum atomic E-state index is 10.9. The monoisotopic (exact) mass is 468 g/mol. The van der Waals surface area contributed by atoms with Gasteiger partial charge in [0.15, 0.2) is 0 Å². The number of hydrogen-bond donors (Lipinski definition) is 1. The van der Waals surface area contributed by atoms with E-state index < -0.39 is 4.92 Å². The van der Waals surface area contributed by atoms with Crippen LogP contribution in [0.1, 0.15) is 11.1 Å². The van der Waals surface area contributed by atoms with Gasteiger partial charge in [-0.3, -0.25) is 15.0 Å². The Kier molecular flexibility index (Phi) is 7.30. The predicted octanol–water partition coefficient (Wildman–Crippen LogP) is 3.81. The van der Waals surface area contributed by atoms with E-state index in [1.807, 2.05) is 18.2 Å². The number of hydrogen-bond acceptors (Lipinski definition) is 7. The minimum atomic E-state index is -0.552. The Bertz CT molecular complexity index is 1080. The third-order valence-electron chi connectivity index (χ3n) is 6.61. The van der Waals surface area contributed by atoms with Gasteiger partial charge >= 0.3 is 0 Å². The number of nitriles is 1. The van der Waals surface area contributed by atoms with Crippen LogP contribution in [0.3, 0.4) is 0 Å². The summed E-state index contributed by atoms with van der Waals surface area (Å²) in [6.45, 7) is 10.7. The number of nitro groups is 1. The van der Waals surface area contributed by atoms with Crippen LogP contribution in [-0.2, 0) is 6.42 Å². The lowest BCUT2D eigenvalue weighted by Gasteiger charge is -2.50. The predicted molar refractivity (Wildman–Crippen MR) is 126 cm³/mol. The van der Waals surface area contributed by atoms with E-state index >= 15 is 0 Å². The molecule has 0 spiro atoms. The van der Waals surface area contributed by atoms with Crippen LogP contribution in [0.25, 0.3) is 0 Å². The van der Waals surface area contributed by atoms with Crippen LogP contribution in [0.4, 0.5) is 17.1 Å². The molecule has 3 fully saturated rings. The van der Waals surface area contributed by atoms with Crippen molar-refractivity contribution in [1.29, 1.82) is 5.26 Å². The number of halogens is 1. The number of azo groups is 1. The van der Waals surface area contributed by atoms with Crippen LogP contribution in [0, 0.1) is 21.4 Å². The summed E-state index contributed by atoms with van der Waals surface area (Å²) in [5.41, 5.74) is 1.77. The molecule has 172 valence electrons. The number of nitrogens with one attached hydrogen (secondary N) is 1. The molecular weight excluding hydrogens is 442 g/mol. The van der Waals surface area contributed by atoms with Crippen molar-refractivity contribution in [2.24, 2.45) is 10.2 Å². The topological polar surface area (TPSA) is 107 Å². The fraction of sp³-hybridized carbons (Fsp3) is 0.435. The summed E-state index contributed by atoms with van der Waals surface area (Å²) in [6, 6.07) is 11.4. The number of piperazine rings is 3. The molecule has 0 aromatic heterocycles. The van der Waals surface area contributed by atoms with Gasteiger partial charge in [-0.15, -0.1) is 10.2 Å². The molecule has 0 aliphatic carbocycles. The van der Waals surface area contributed by atoms with Crippen LogP contribution < -0.4 is 5.32 Å². The molecule has 3 aliphatic rings. The summed E-state index contributed by atoms with van der Waals surface area (Å²) in [6.07, 6.45) is 0.867. The quantitative estimate of drug-likeness (QED) is 0.198. The van der Waals surface area contributed by atoms with E-state index in [2.05, 4.69) is 20.4 Å². The van der Waals surface area contributed by atoms with E-state index in [4.69, 9.17) is 11.6 Å². The molecular formula is C23H27ClN7O2+. The average molecular weight is 469 g/mol. The minimum absolute atomic E-state index is 0.0868. The molecule has 2 bridgehead atoms.